The molecule has 0 aliphatic carbocycles. The number of furan rings is 1. The van der Waals surface area contributed by atoms with Gasteiger partial charge in [-0.25, -0.2) is 0 Å². The van der Waals surface area contributed by atoms with Crippen molar-refractivity contribution in [1.82, 2.24) is 9.13 Å². The fourth-order valence-corrected chi connectivity index (χ4v) is 8.98. The summed E-state index contributed by atoms with van der Waals surface area (Å²) in [6.45, 7) is 0. The molecule has 0 N–H and O–H groups in total. The number of aromatic nitrogens is 2. The van der Waals surface area contributed by atoms with Gasteiger partial charge in [0.25, 0.3) is 0 Å². The van der Waals surface area contributed by atoms with Gasteiger partial charge in [0.15, 0.2) is 5.58 Å². The first-order valence-corrected chi connectivity index (χ1v) is 18.8. The molecule has 0 saturated carbocycles. The molecule has 12 rings (SSSR count). The van der Waals surface area contributed by atoms with Crippen LogP contribution in [0.15, 0.2) is 199 Å². The van der Waals surface area contributed by atoms with Crippen LogP contribution in [0.2, 0.25) is 0 Å². The zero-order valence-corrected chi connectivity index (χ0v) is 29.8. The lowest BCUT2D eigenvalue weighted by molar-refractivity contribution is 0.666. The number of para-hydroxylation sites is 3. The normalized spacial score (nSPS) is 12.0. The van der Waals surface area contributed by atoms with Crippen LogP contribution in [0.4, 0.5) is 0 Å². The topological polar surface area (TPSA) is 23.0 Å². The van der Waals surface area contributed by atoms with Gasteiger partial charge >= 0.3 is 0 Å². The molecule has 0 fully saturated rings. The molecule has 0 aliphatic heterocycles. The molecule has 0 saturated heterocycles. The van der Waals surface area contributed by atoms with E-state index < -0.39 is 0 Å². The lowest BCUT2D eigenvalue weighted by Gasteiger charge is -2.11. The van der Waals surface area contributed by atoms with E-state index in [4.69, 9.17) is 4.42 Å². The summed E-state index contributed by atoms with van der Waals surface area (Å²) < 4.78 is 11.5. The molecule has 3 nitrogen and oxygen atoms in total. The lowest BCUT2D eigenvalue weighted by Crippen LogP contribution is -1.95. The summed E-state index contributed by atoms with van der Waals surface area (Å²) in [4.78, 5) is 0. The highest BCUT2D eigenvalue weighted by molar-refractivity contribution is 6.20. The minimum Gasteiger partial charge on any atom is -0.454 e. The van der Waals surface area contributed by atoms with Gasteiger partial charge in [0.2, 0.25) is 0 Å². The molecule has 0 aliphatic rings. The molecule has 3 heterocycles. The van der Waals surface area contributed by atoms with Gasteiger partial charge < -0.3 is 13.6 Å². The minimum atomic E-state index is 0.898. The zero-order chi connectivity index (χ0) is 36.0. The Balaban J connectivity index is 1.10. The van der Waals surface area contributed by atoms with E-state index >= 15 is 0 Å². The van der Waals surface area contributed by atoms with Crippen molar-refractivity contribution in [2.75, 3.05) is 0 Å². The van der Waals surface area contributed by atoms with Crippen molar-refractivity contribution < 1.29 is 4.42 Å². The van der Waals surface area contributed by atoms with E-state index in [1.165, 1.54) is 71.1 Å². The largest absolute Gasteiger partial charge is 0.454 e. The molecule has 0 atom stereocenters. The molecule has 0 spiro atoms. The number of hydrogen-bond donors (Lipinski definition) is 0. The molecule has 9 aromatic carbocycles. The second-order valence-electron chi connectivity index (χ2n) is 14.5. The number of fused-ring (bicyclic) bond motifs is 11. The summed E-state index contributed by atoms with van der Waals surface area (Å²) in [5.41, 5.74) is 13.5. The quantitative estimate of drug-likeness (QED) is 0.179. The van der Waals surface area contributed by atoms with Crippen molar-refractivity contribution in [3.8, 4) is 33.6 Å². The van der Waals surface area contributed by atoms with E-state index in [1.54, 1.807) is 0 Å². The zero-order valence-electron chi connectivity index (χ0n) is 29.8. The highest BCUT2D eigenvalue weighted by atomic mass is 16.3. The maximum Gasteiger partial charge on any atom is 0.159 e. The standard InChI is InChI=1S/C52H32N2O/c1-3-12-33(13-4-1)37-23-26-40-44-30-35(24-28-46(44)53(49(40)32-37)38-15-5-2-6-16-38)36-25-29-47-45(31-36)42-27-22-34-14-7-8-17-39(34)51(42)54(47)48-20-11-19-43-41-18-9-10-21-50(41)55-52(43)48/h1-32H. The lowest BCUT2D eigenvalue weighted by atomic mass is 9.99. The summed E-state index contributed by atoms with van der Waals surface area (Å²) in [5, 5.41) is 9.60. The highest BCUT2D eigenvalue weighted by Gasteiger charge is 2.21. The molecule has 0 radical (unpaired) electrons. The fraction of sp³-hybridized carbons (Fsp3) is 0. The van der Waals surface area contributed by atoms with Crippen LogP contribution in [-0.4, -0.2) is 9.13 Å². The summed E-state index contributed by atoms with van der Waals surface area (Å²) in [5.74, 6) is 0. The maximum atomic E-state index is 6.63. The maximum absolute atomic E-state index is 6.63. The molecule has 3 heteroatoms. The van der Waals surface area contributed by atoms with E-state index in [9.17, 15) is 0 Å². The van der Waals surface area contributed by atoms with Crippen LogP contribution in [0, 0.1) is 0 Å². The Bertz CT molecular complexity index is 3470. The van der Waals surface area contributed by atoms with E-state index in [0.29, 0.717) is 0 Å². The van der Waals surface area contributed by atoms with Gasteiger partial charge in [-0.1, -0.05) is 140 Å². The number of hydrogen-bond acceptors (Lipinski definition) is 1. The Morgan fingerprint density at radius 1 is 0.327 bits per heavy atom. The molecule has 3 aromatic heterocycles. The Hall–Kier alpha value is -7.36. The number of nitrogens with zero attached hydrogens (tertiary/aromatic N) is 2. The van der Waals surface area contributed by atoms with E-state index in [0.717, 1.165) is 38.8 Å². The average molecular weight is 701 g/mol. The third-order valence-corrected chi connectivity index (χ3v) is 11.5. The van der Waals surface area contributed by atoms with Crippen molar-refractivity contribution in [2.24, 2.45) is 0 Å². The molecule has 12 aromatic rings. The second kappa shape index (κ2) is 11.6. The van der Waals surface area contributed by atoms with Gasteiger partial charge in [0.05, 0.1) is 27.8 Å². The van der Waals surface area contributed by atoms with E-state index in [-0.39, 0.29) is 0 Å². The summed E-state index contributed by atoms with van der Waals surface area (Å²) in [6.07, 6.45) is 0. The molecule has 0 amide bonds. The Morgan fingerprint density at radius 3 is 1.76 bits per heavy atom. The monoisotopic (exact) mass is 700 g/mol. The molecular weight excluding hydrogens is 669 g/mol. The van der Waals surface area contributed by atoms with Crippen LogP contribution < -0.4 is 0 Å². The first-order valence-electron chi connectivity index (χ1n) is 18.8. The molecule has 0 bridgehead atoms. The molecule has 0 unspecified atom stereocenters. The van der Waals surface area contributed by atoms with Crippen molar-refractivity contribution in [3.63, 3.8) is 0 Å². The SMILES string of the molecule is c1ccc(-c2ccc3c4cc(-c5ccc6c(c5)c5ccc7ccccc7c5n6-c5cccc6c5oc5ccccc56)ccc4n(-c4ccccc4)c3c2)cc1. The van der Waals surface area contributed by atoms with E-state index in [2.05, 4.69) is 197 Å². The Morgan fingerprint density at radius 2 is 0.945 bits per heavy atom. The smallest absolute Gasteiger partial charge is 0.159 e. The predicted octanol–water partition coefficient (Wildman–Crippen LogP) is 14.3. The number of benzene rings is 9. The van der Waals surface area contributed by atoms with Crippen molar-refractivity contribution in [1.29, 1.82) is 0 Å². The van der Waals surface area contributed by atoms with Crippen LogP contribution >= 0.6 is 0 Å². The average Bonchev–Trinajstić information content (AvgIpc) is 3.91. The third kappa shape index (κ3) is 4.44. The molecular formula is C52H32N2O. The molecule has 256 valence electrons. The van der Waals surface area contributed by atoms with Gasteiger partial charge in [-0.15, -0.1) is 0 Å². The fourth-order valence-electron chi connectivity index (χ4n) is 8.98. The van der Waals surface area contributed by atoms with Gasteiger partial charge in [0.1, 0.15) is 5.58 Å². The van der Waals surface area contributed by atoms with Gasteiger partial charge in [-0.05, 0) is 82.2 Å². The Labute approximate surface area is 316 Å². The van der Waals surface area contributed by atoms with Gasteiger partial charge in [-0.2, -0.15) is 0 Å². The third-order valence-electron chi connectivity index (χ3n) is 11.5. The first kappa shape index (κ1) is 30.1. The van der Waals surface area contributed by atoms with Gasteiger partial charge in [0, 0.05) is 43.4 Å². The number of rotatable bonds is 4. The second-order valence-corrected chi connectivity index (χ2v) is 14.5. The van der Waals surface area contributed by atoms with Crippen LogP contribution in [-0.2, 0) is 0 Å². The van der Waals surface area contributed by atoms with Crippen LogP contribution in [0.25, 0.3) is 110 Å². The van der Waals surface area contributed by atoms with Crippen molar-refractivity contribution in [3.05, 3.63) is 194 Å². The van der Waals surface area contributed by atoms with Crippen molar-refractivity contribution in [2.45, 2.75) is 0 Å². The van der Waals surface area contributed by atoms with Crippen LogP contribution in [0.3, 0.4) is 0 Å². The first-order chi connectivity index (χ1) is 27.3. The summed E-state index contributed by atoms with van der Waals surface area (Å²) in [7, 11) is 0. The van der Waals surface area contributed by atoms with Gasteiger partial charge in [-0.3, -0.25) is 0 Å². The van der Waals surface area contributed by atoms with E-state index in [1.807, 2.05) is 6.07 Å². The van der Waals surface area contributed by atoms with Crippen molar-refractivity contribution >= 4 is 76.3 Å². The summed E-state index contributed by atoms with van der Waals surface area (Å²) >= 11 is 0. The predicted molar refractivity (Wildman–Crippen MR) is 231 cm³/mol. The summed E-state index contributed by atoms with van der Waals surface area (Å²) in [6, 6.07) is 70.3. The van der Waals surface area contributed by atoms with Crippen LogP contribution in [0.1, 0.15) is 0 Å². The minimum absolute atomic E-state index is 0.898. The molecule has 55 heavy (non-hydrogen) atoms. The Kier molecular flexibility index (Phi) is 6.34. The highest BCUT2D eigenvalue weighted by Crippen LogP contribution is 2.43. The van der Waals surface area contributed by atoms with Crippen LogP contribution in [0.5, 0.6) is 0 Å².